The van der Waals surface area contributed by atoms with Crippen LogP contribution in [0.5, 0.6) is 0 Å². The molecular weight excluding hydrogens is 448 g/mol. The predicted octanol–water partition coefficient (Wildman–Crippen LogP) is 5.31. The number of fused-ring (bicyclic) bond motifs is 2. The van der Waals surface area contributed by atoms with Crippen molar-refractivity contribution in [1.82, 2.24) is 14.8 Å². The molecule has 174 valence electrons. The zero-order valence-corrected chi connectivity index (χ0v) is 20.3. The summed E-state index contributed by atoms with van der Waals surface area (Å²) in [5.41, 5.74) is 5.29. The van der Waals surface area contributed by atoms with Crippen LogP contribution in [0.1, 0.15) is 56.6 Å². The van der Waals surface area contributed by atoms with E-state index in [0.29, 0.717) is 28.4 Å². The van der Waals surface area contributed by atoms with Crippen LogP contribution in [0.15, 0.2) is 36.5 Å². The fraction of sp³-hybridized carbons (Fsp3) is 0.308. The summed E-state index contributed by atoms with van der Waals surface area (Å²) >= 11 is 1.49. The SMILES string of the molecule is CCOC(=O)c1c(NC(=O)c2cc(-c3cnn(C)c3C)nc3ccccc23)sc2c1CCCC2. The minimum Gasteiger partial charge on any atom is -0.462 e. The highest BCUT2D eigenvalue weighted by atomic mass is 32.1. The van der Waals surface area contributed by atoms with Crippen LogP contribution in [-0.4, -0.2) is 33.2 Å². The number of amides is 1. The Hall–Kier alpha value is -3.52. The lowest BCUT2D eigenvalue weighted by Gasteiger charge is -2.13. The van der Waals surface area contributed by atoms with Crippen molar-refractivity contribution in [2.75, 3.05) is 11.9 Å². The summed E-state index contributed by atoms with van der Waals surface area (Å²) < 4.78 is 7.13. The van der Waals surface area contributed by atoms with Crippen molar-refractivity contribution in [2.45, 2.75) is 39.5 Å². The lowest BCUT2D eigenvalue weighted by Crippen LogP contribution is -2.16. The van der Waals surface area contributed by atoms with Crippen LogP contribution in [0.2, 0.25) is 0 Å². The van der Waals surface area contributed by atoms with Crippen LogP contribution in [-0.2, 0) is 24.6 Å². The second-order valence-corrected chi connectivity index (χ2v) is 9.53. The first-order chi connectivity index (χ1) is 16.5. The van der Waals surface area contributed by atoms with Gasteiger partial charge in [0.1, 0.15) is 5.00 Å². The maximum absolute atomic E-state index is 13.6. The van der Waals surface area contributed by atoms with E-state index in [9.17, 15) is 9.59 Å². The Morgan fingerprint density at radius 3 is 2.76 bits per heavy atom. The van der Waals surface area contributed by atoms with Crippen LogP contribution < -0.4 is 5.32 Å². The highest BCUT2D eigenvalue weighted by Gasteiger charge is 2.28. The minimum atomic E-state index is -0.372. The number of para-hydroxylation sites is 1. The molecule has 3 heterocycles. The van der Waals surface area contributed by atoms with Gasteiger partial charge < -0.3 is 10.1 Å². The molecule has 1 aliphatic carbocycles. The molecule has 1 aromatic carbocycles. The molecule has 1 amide bonds. The molecule has 8 heteroatoms. The van der Waals surface area contributed by atoms with E-state index < -0.39 is 0 Å². The van der Waals surface area contributed by atoms with E-state index in [4.69, 9.17) is 9.72 Å². The summed E-state index contributed by atoms with van der Waals surface area (Å²) in [7, 11) is 1.88. The van der Waals surface area contributed by atoms with Gasteiger partial charge in [0.15, 0.2) is 0 Å². The van der Waals surface area contributed by atoms with E-state index >= 15 is 0 Å². The third-order valence-corrected chi connectivity index (χ3v) is 7.56. The highest BCUT2D eigenvalue weighted by molar-refractivity contribution is 7.17. The van der Waals surface area contributed by atoms with Gasteiger partial charge >= 0.3 is 5.97 Å². The maximum Gasteiger partial charge on any atom is 0.341 e. The van der Waals surface area contributed by atoms with Gasteiger partial charge in [0.25, 0.3) is 5.91 Å². The van der Waals surface area contributed by atoms with Gasteiger partial charge in [0.2, 0.25) is 0 Å². The van der Waals surface area contributed by atoms with E-state index in [1.807, 2.05) is 38.2 Å². The lowest BCUT2D eigenvalue weighted by atomic mass is 9.95. The van der Waals surface area contributed by atoms with Crippen LogP contribution in [0.25, 0.3) is 22.2 Å². The zero-order chi connectivity index (χ0) is 23.8. The van der Waals surface area contributed by atoms with Crippen molar-refractivity contribution in [3.63, 3.8) is 0 Å². The van der Waals surface area contributed by atoms with Gasteiger partial charge in [-0.05, 0) is 57.2 Å². The number of ether oxygens (including phenoxy) is 1. The number of nitrogens with one attached hydrogen (secondary N) is 1. The number of hydrogen-bond acceptors (Lipinski definition) is 6. The number of rotatable bonds is 5. The quantitative estimate of drug-likeness (QED) is 0.396. The number of anilines is 1. The van der Waals surface area contributed by atoms with Crippen LogP contribution >= 0.6 is 11.3 Å². The Morgan fingerprint density at radius 1 is 1.21 bits per heavy atom. The Morgan fingerprint density at radius 2 is 2.00 bits per heavy atom. The van der Waals surface area contributed by atoms with Crippen molar-refractivity contribution in [3.05, 3.63) is 63.8 Å². The molecule has 1 aliphatic rings. The smallest absolute Gasteiger partial charge is 0.341 e. The first kappa shape index (κ1) is 22.3. The van der Waals surface area contributed by atoms with Crippen molar-refractivity contribution < 1.29 is 14.3 Å². The third kappa shape index (κ3) is 3.88. The third-order valence-electron chi connectivity index (χ3n) is 6.35. The average Bonchev–Trinajstić information content (AvgIpc) is 3.37. The standard InChI is InChI=1S/C26H26N4O3S/c1-4-33-26(32)23-17-10-6-8-12-22(17)34-25(23)29-24(31)18-13-21(19-14-27-30(3)15(19)2)28-20-11-7-5-9-16(18)20/h5,7,9,11,13-14H,4,6,8,10,12H2,1-3H3,(H,29,31). The molecule has 0 spiro atoms. The molecule has 34 heavy (non-hydrogen) atoms. The average molecular weight is 475 g/mol. The first-order valence-corrected chi connectivity index (χ1v) is 12.3. The molecule has 5 rings (SSSR count). The second kappa shape index (κ2) is 9.02. The first-order valence-electron chi connectivity index (χ1n) is 11.5. The molecular formula is C26H26N4O3S. The molecule has 3 aromatic heterocycles. The number of carbonyl (C=O) groups is 2. The molecule has 4 aromatic rings. The minimum absolute atomic E-state index is 0.273. The van der Waals surface area contributed by atoms with Crippen molar-refractivity contribution in [3.8, 4) is 11.3 Å². The molecule has 0 radical (unpaired) electrons. The zero-order valence-electron chi connectivity index (χ0n) is 19.5. The number of benzene rings is 1. The van der Waals surface area contributed by atoms with Crippen LogP contribution in [0, 0.1) is 6.92 Å². The summed E-state index contributed by atoms with van der Waals surface area (Å²) in [5.74, 6) is -0.644. The lowest BCUT2D eigenvalue weighted by molar-refractivity contribution is 0.0526. The normalized spacial score (nSPS) is 13.0. The monoisotopic (exact) mass is 474 g/mol. The van der Waals surface area contributed by atoms with Gasteiger partial charge in [-0.3, -0.25) is 9.48 Å². The molecule has 0 saturated carbocycles. The predicted molar refractivity (Wildman–Crippen MR) is 134 cm³/mol. The topological polar surface area (TPSA) is 86.1 Å². The molecule has 0 bridgehead atoms. The van der Waals surface area contributed by atoms with Gasteiger partial charge in [-0.1, -0.05) is 18.2 Å². The number of aromatic nitrogens is 3. The number of thiophene rings is 1. The van der Waals surface area contributed by atoms with Crippen LogP contribution in [0.3, 0.4) is 0 Å². The highest BCUT2D eigenvalue weighted by Crippen LogP contribution is 2.39. The van der Waals surface area contributed by atoms with Crippen LogP contribution in [0.4, 0.5) is 5.00 Å². The second-order valence-electron chi connectivity index (χ2n) is 8.43. The maximum atomic E-state index is 13.6. The van der Waals surface area contributed by atoms with Gasteiger partial charge in [-0.2, -0.15) is 5.10 Å². The largest absolute Gasteiger partial charge is 0.462 e. The van der Waals surface area contributed by atoms with Crippen molar-refractivity contribution in [2.24, 2.45) is 7.05 Å². The van der Waals surface area contributed by atoms with Crippen molar-refractivity contribution >= 4 is 39.1 Å². The number of pyridine rings is 1. The van der Waals surface area contributed by atoms with E-state index in [0.717, 1.165) is 58.3 Å². The summed E-state index contributed by atoms with van der Waals surface area (Å²) in [5, 5.41) is 8.69. The van der Waals surface area contributed by atoms with E-state index in [1.165, 1.54) is 11.3 Å². The Labute approximate surface area is 201 Å². The van der Waals surface area contributed by atoms with Crippen molar-refractivity contribution in [1.29, 1.82) is 0 Å². The van der Waals surface area contributed by atoms with E-state index in [-0.39, 0.29) is 11.9 Å². The molecule has 7 nitrogen and oxygen atoms in total. The number of hydrogen-bond donors (Lipinski definition) is 1. The molecule has 0 saturated heterocycles. The fourth-order valence-electron chi connectivity index (χ4n) is 4.49. The fourth-order valence-corrected chi connectivity index (χ4v) is 5.77. The molecule has 0 atom stereocenters. The van der Waals surface area contributed by atoms with E-state index in [1.54, 1.807) is 23.9 Å². The Balaban J connectivity index is 1.59. The summed E-state index contributed by atoms with van der Waals surface area (Å²) in [4.78, 5) is 32.4. The Kier molecular flexibility index (Phi) is 5.91. The number of esters is 1. The van der Waals surface area contributed by atoms with Gasteiger partial charge in [0.05, 0.1) is 35.1 Å². The summed E-state index contributed by atoms with van der Waals surface area (Å²) in [6.45, 7) is 4.06. The molecule has 0 aliphatic heterocycles. The number of carbonyl (C=O) groups excluding carboxylic acids is 2. The van der Waals surface area contributed by atoms with Gasteiger partial charge in [0, 0.05) is 28.6 Å². The Bertz CT molecular complexity index is 1420. The molecule has 1 N–H and O–H groups in total. The molecule has 0 unspecified atom stereocenters. The summed E-state index contributed by atoms with van der Waals surface area (Å²) in [6, 6.07) is 9.39. The van der Waals surface area contributed by atoms with Gasteiger partial charge in [-0.15, -0.1) is 11.3 Å². The van der Waals surface area contributed by atoms with E-state index in [2.05, 4.69) is 10.4 Å². The van der Waals surface area contributed by atoms with Gasteiger partial charge in [-0.25, -0.2) is 9.78 Å². The number of aryl methyl sites for hydroxylation is 2. The molecule has 0 fully saturated rings. The number of nitrogens with zero attached hydrogens (tertiary/aromatic N) is 3. The summed E-state index contributed by atoms with van der Waals surface area (Å²) in [6.07, 6.45) is 5.64.